The van der Waals surface area contributed by atoms with Gasteiger partial charge in [0.05, 0.1) is 34.3 Å². The number of nitrogen functional groups attached to an aromatic ring is 1. The fraction of sp³-hybridized carbons (Fsp3) is 0.417. The van der Waals surface area contributed by atoms with Crippen LogP contribution in [0.3, 0.4) is 0 Å². The lowest BCUT2D eigenvalue weighted by atomic mass is 9.97. The first-order valence-corrected chi connectivity index (χ1v) is 18.6. The Morgan fingerprint density at radius 2 is 1.64 bits per heavy atom. The van der Waals surface area contributed by atoms with Crippen molar-refractivity contribution in [2.45, 2.75) is 70.1 Å². The second-order valence-electron chi connectivity index (χ2n) is 13.5. The number of carbonyl (C=O) groups is 3. The second kappa shape index (κ2) is 17.2. The van der Waals surface area contributed by atoms with Crippen molar-refractivity contribution in [3.8, 4) is 5.75 Å². The number of nitrogens with one attached hydrogen (secondary N) is 1. The van der Waals surface area contributed by atoms with Gasteiger partial charge in [0.1, 0.15) is 18.3 Å². The molecule has 0 radical (unpaired) electrons. The number of anilines is 1. The van der Waals surface area contributed by atoms with E-state index in [1.54, 1.807) is 44.2 Å². The molecule has 1 aliphatic rings. The number of nitrogens with two attached hydrogens (primary N) is 1. The van der Waals surface area contributed by atoms with E-state index in [4.69, 9.17) is 17.3 Å². The van der Waals surface area contributed by atoms with Crippen LogP contribution in [0.15, 0.2) is 77.7 Å². The highest BCUT2D eigenvalue weighted by molar-refractivity contribution is 7.89. The van der Waals surface area contributed by atoms with Gasteiger partial charge in [0.2, 0.25) is 15.9 Å². The number of rotatable bonds is 16. The van der Waals surface area contributed by atoms with Gasteiger partial charge in [-0.1, -0.05) is 81.8 Å². The third-order valence-corrected chi connectivity index (χ3v) is 10.6. The number of alkyl halides is 3. The molecule has 0 aromatic heterocycles. The van der Waals surface area contributed by atoms with Gasteiger partial charge in [0.25, 0.3) is 5.91 Å². The summed E-state index contributed by atoms with van der Waals surface area (Å²) in [6.07, 6.45) is -6.24. The minimum absolute atomic E-state index is 0.0286. The Kier molecular flexibility index (Phi) is 13.4. The first kappa shape index (κ1) is 41.4. The molecular weight excluding hydrogens is 739 g/mol. The van der Waals surface area contributed by atoms with E-state index in [1.807, 2.05) is 13.8 Å². The molecule has 288 valence electrons. The maximum Gasteiger partial charge on any atom is 0.573 e. The largest absolute Gasteiger partial charge is 0.573 e. The Morgan fingerprint density at radius 1 is 1.00 bits per heavy atom. The van der Waals surface area contributed by atoms with Gasteiger partial charge in [-0.05, 0) is 59.7 Å². The van der Waals surface area contributed by atoms with Crippen LogP contribution in [0.4, 0.5) is 23.7 Å². The molecule has 3 atom stereocenters. The molecule has 4 N–H and O–H groups in total. The molecule has 0 aliphatic carbocycles. The van der Waals surface area contributed by atoms with Crippen molar-refractivity contribution in [1.29, 1.82) is 0 Å². The summed E-state index contributed by atoms with van der Waals surface area (Å²) in [7, 11) is -4.20. The van der Waals surface area contributed by atoms with Gasteiger partial charge in [-0.2, -0.15) is 4.31 Å². The van der Waals surface area contributed by atoms with Crippen LogP contribution in [0.25, 0.3) is 0 Å². The van der Waals surface area contributed by atoms with Gasteiger partial charge < -0.3 is 25.8 Å². The molecule has 3 aromatic carbocycles. The van der Waals surface area contributed by atoms with Crippen molar-refractivity contribution < 1.29 is 45.8 Å². The van der Waals surface area contributed by atoms with Crippen molar-refractivity contribution >= 4 is 45.2 Å². The Morgan fingerprint density at radius 3 is 2.21 bits per heavy atom. The van der Waals surface area contributed by atoms with E-state index in [0.29, 0.717) is 5.56 Å². The number of nitrogens with zero attached hydrogens (tertiary/aromatic N) is 3. The zero-order valence-corrected chi connectivity index (χ0v) is 31.2. The number of halogens is 4. The van der Waals surface area contributed by atoms with Gasteiger partial charge >= 0.3 is 12.4 Å². The lowest BCUT2D eigenvalue weighted by molar-refractivity contribution is -0.274. The Labute approximate surface area is 311 Å². The molecule has 1 fully saturated rings. The molecular formula is C36H43ClF3N5O7S. The summed E-state index contributed by atoms with van der Waals surface area (Å²) in [6, 6.07) is 14.5. The molecule has 12 nitrogen and oxygen atoms in total. The summed E-state index contributed by atoms with van der Waals surface area (Å²) in [5.74, 6) is -2.44. The number of ether oxygens (including phenoxy) is 1. The highest BCUT2D eigenvalue weighted by atomic mass is 35.5. The maximum absolute atomic E-state index is 14.1. The van der Waals surface area contributed by atoms with Crippen molar-refractivity contribution in [1.82, 2.24) is 19.4 Å². The average molecular weight is 782 g/mol. The fourth-order valence-electron chi connectivity index (χ4n) is 5.98. The van der Waals surface area contributed by atoms with Gasteiger partial charge in [-0.25, -0.2) is 13.2 Å². The van der Waals surface area contributed by atoms with Crippen LogP contribution >= 0.6 is 11.6 Å². The number of sulfonamides is 1. The van der Waals surface area contributed by atoms with Crippen LogP contribution < -0.4 is 15.8 Å². The lowest BCUT2D eigenvalue weighted by Crippen LogP contribution is -2.57. The van der Waals surface area contributed by atoms with Gasteiger partial charge in [0.15, 0.2) is 0 Å². The minimum Gasteiger partial charge on any atom is -0.406 e. The molecule has 3 aromatic rings. The van der Waals surface area contributed by atoms with E-state index in [2.05, 4.69) is 10.1 Å². The molecule has 1 saturated heterocycles. The number of imide groups is 1. The minimum atomic E-state index is -4.89. The first-order chi connectivity index (χ1) is 24.8. The summed E-state index contributed by atoms with van der Waals surface area (Å²) in [5, 5.41) is 14.7. The van der Waals surface area contributed by atoms with Crippen molar-refractivity contribution in [2.24, 2.45) is 11.8 Å². The van der Waals surface area contributed by atoms with E-state index in [0.717, 1.165) is 31.8 Å². The number of hydrogen-bond acceptors (Lipinski definition) is 8. The molecule has 17 heteroatoms. The number of amides is 4. The Bertz CT molecular complexity index is 1870. The summed E-state index contributed by atoms with van der Waals surface area (Å²) in [5.41, 5.74) is 7.04. The molecule has 1 heterocycles. The number of urea groups is 1. The first-order valence-electron chi connectivity index (χ1n) is 16.8. The fourth-order valence-corrected chi connectivity index (χ4v) is 7.76. The average Bonchev–Trinajstić information content (AvgIpc) is 3.33. The molecule has 4 amide bonds. The molecule has 53 heavy (non-hydrogen) atoms. The third kappa shape index (κ3) is 10.8. The Balaban J connectivity index is 1.57. The number of carbonyl (C=O) groups excluding carboxylic acids is 3. The summed E-state index contributed by atoms with van der Waals surface area (Å²) < 4.78 is 70.4. The SMILES string of the molecule is CC(C)CN(C[C@@H](O)[C@H](Cc1ccccc1)NC(=O)[C@H](C(C)C)N1CC(=O)N(Cc2ccc(OC(F)(F)F)cc2)C1=O)S(=O)(=O)c1ccc(Cl)c(N)c1. The topological polar surface area (TPSA) is 163 Å². The molecule has 0 spiro atoms. The van der Waals surface area contributed by atoms with Gasteiger partial charge in [-0.15, -0.1) is 13.2 Å². The summed E-state index contributed by atoms with van der Waals surface area (Å²) >= 11 is 6.03. The van der Waals surface area contributed by atoms with E-state index in [9.17, 15) is 41.1 Å². The molecule has 0 saturated carbocycles. The maximum atomic E-state index is 14.1. The highest BCUT2D eigenvalue weighted by Gasteiger charge is 2.44. The summed E-state index contributed by atoms with van der Waals surface area (Å²) in [6.45, 7) is 5.91. The van der Waals surface area contributed by atoms with E-state index in [1.165, 1.54) is 30.3 Å². The van der Waals surface area contributed by atoms with Crippen molar-refractivity contribution in [3.63, 3.8) is 0 Å². The zero-order chi connectivity index (χ0) is 39.2. The highest BCUT2D eigenvalue weighted by Crippen LogP contribution is 2.27. The predicted octanol–water partition coefficient (Wildman–Crippen LogP) is 5.04. The number of aliphatic hydroxyl groups is 1. The standard InChI is InChI=1S/C36H43ClF3N5O7S/c1-22(2)18-43(53(50,51)27-14-15-28(37)29(41)17-27)20-31(46)30(16-24-8-6-5-7-9-24)42-34(48)33(23(3)4)45-21-32(47)44(35(45)49)19-25-10-12-26(13-11-25)52-36(38,39)40/h5-15,17,22-23,30-31,33,46H,16,18-21,41H2,1-4H3,(H,42,48)/t30-,31+,33-/m0/s1. The van der Waals surface area contributed by atoms with Crippen LogP contribution in [0, 0.1) is 11.8 Å². The van der Waals surface area contributed by atoms with Crippen molar-refractivity contribution in [3.05, 3.63) is 88.9 Å². The van der Waals surface area contributed by atoms with Gasteiger partial charge in [-0.3, -0.25) is 14.5 Å². The van der Waals surface area contributed by atoms with E-state index in [-0.39, 0.29) is 41.0 Å². The lowest BCUT2D eigenvalue weighted by Gasteiger charge is -2.34. The van der Waals surface area contributed by atoms with Crippen LogP contribution in [-0.4, -0.2) is 89.7 Å². The van der Waals surface area contributed by atoms with Crippen LogP contribution in [0.2, 0.25) is 5.02 Å². The van der Waals surface area contributed by atoms with Crippen molar-refractivity contribution in [2.75, 3.05) is 25.4 Å². The van der Waals surface area contributed by atoms with E-state index >= 15 is 0 Å². The zero-order valence-electron chi connectivity index (χ0n) is 29.6. The van der Waals surface area contributed by atoms with Gasteiger partial charge in [0, 0.05) is 13.1 Å². The van der Waals surface area contributed by atoms with E-state index < -0.39 is 77.2 Å². The molecule has 0 unspecified atom stereocenters. The molecule has 0 bridgehead atoms. The molecule has 4 rings (SSSR count). The third-order valence-electron chi connectivity index (χ3n) is 8.47. The monoisotopic (exact) mass is 781 g/mol. The van der Waals surface area contributed by atoms with Crippen LogP contribution in [0.1, 0.15) is 38.8 Å². The van der Waals surface area contributed by atoms with Crippen LogP contribution in [0.5, 0.6) is 5.75 Å². The number of aliphatic hydroxyl groups excluding tert-OH is 1. The second-order valence-corrected chi connectivity index (χ2v) is 15.9. The predicted molar refractivity (Wildman–Crippen MR) is 192 cm³/mol. The number of benzene rings is 3. The Hall–Kier alpha value is -4.38. The molecule has 1 aliphatic heterocycles. The normalized spacial score (nSPS) is 15.7. The van der Waals surface area contributed by atoms with Crippen LogP contribution in [-0.2, 0) is 32.6 Å². The number of hydrogen-bond donors (Lipinski definition) is 3. The smallest absolute Gasteiger partial charge is 0.406 e. The quantitative estimate of drug-likeness (QED) is 0.135. The summed E-state index contributed by atoms with van der Waals surface area (Å²) in [4.78, 5) is 42.7.